The number of carbonyl (C=O) groups is 2. The number of nitrogens with zero attached hydrogens (tertiary/aromatic N) is 2. The predicted octanol–water partition coefficient (Wildman–Crippen LogP) is 8.35. The Bertz CT molecular complexity index is 1220. The number of alkyl halides is 3. The largest absolute Gasteiger partial charge is 0.573 e. The van der Waals surface area contributed by atoms with Gasteiger partial charge in [-0.3, -0.25) is 4.90 Å². The molecule has 1 aliphatic carbocycles. The van der Waals surface area contributed by atoms with Crippen LogP contribution in [0.1, 0.15) is 89.6 Å². The molecule has 1 saturated carbocycles. The van der Waals surface area contributed by atoms with E-state index in [2.05, 4.69) is 25.5 Å². The molecule has 2 aromatic carbocycles. The molecule has 0 bridgehead atoms. The molecule has 6 nitrogen and oxygen atoms in total. The minimum atomic E-state index is -4.78. The van der Waals surface area contributed by atoms with Gasteiger partial charge in [-0.05, 0) is 106 Å². The zero-order valence-electron chi connectivity index (χ0n) is 24.8. The zero-order chi connectivity index (χ0) is 30.2. The van der Waals surface area contributed by atoms with Crippen molar-refractivity contribution in [3.63, 3.8) is 0 Å². The van der Waals surface area contributed by atoms with Crippen molar-refractivity contribution in [1.82, 2.24) is 4.90 Å². The summed E-state index contributed by atoms with van der Waals surface area (Å²) >= 11 is 0. The Kier molecular flexibility index (Phi) is 8.40. The highest BCUT2D eigenvalue weighted by molar-refractivity contribution is 5.93. The van der Waals surface area contributed by atoms with Crippen molar-refractivity contribution in [2.24, 2.45) is 11.3 Å². The van der Waals surface area contributed by atoms with Crippen molar-refractivity contribution in [1.29, 1.82) is 0 Å². The fourth-order valence-electron chi connectivity index (χ4n) is 6.01. The lowest BCUT2D eigenvalue weighted by Crippen LogP contribution is -2.63. The van der Waals surface area contributed by atoms with Crippen LogP contribution in [0.2, 0.25) is 0 Å². The third-order valence-electron chi connectivity index (χ3n) is 8.29. The third-order valence-corrected chi connectivity index (χ3v) is 8.29. The number of carbonyl (C=O) groups excluding carboxylic acids is 2. The molecule has 4 rings (SSSR count). The molecule has 2 amide bonds. The summed E-state index contributed by atoms with van der Waals surface area (Å²) in [7, 11) is 0. The van der Waals surface area contributed by atoms with Crippen LogP contribution in [-0.4, -0.2) is 40.9 Å². The third kappa shape index (κ3) is 7.54. The van der Waals surface area contributed by atoms with Gasteiger partial charge in [0.05, 0.1) is 5.56 Å². The van der Waals surface area contributed by atoms with E-state index in [1.807, 2.05) is 37.8 Å². The summed E-state index contributed by atoms with van der Waals surface area (Å²) in [6.07, 6.45) is -0.197. The van der Waals surface area contributed by atoms with Crippen LogP contribution in [0.5, 0.6) is 5.75 Å². The number of anilines is 1. The summed E-state index contributed by atoms with van der Waals surface area (Å²) < 4.78 is 47.4. The first kappa shape index (κ1) is 30.7. The molecule has 0 aromatic heterocycles. The highest BCUT2D eigenvalue weighted by atomic mass is 19.4. The van der Waals surface area contributed by atoms with E-state index in [1.54, 1.807) is 17.0 Å². The smallest absolute Gasteiger partial charge is 0.456 e. The first-order valence-electron chi connectivity index (χ1n) is 14.2. The summed E-state index contributed by atoms with van der Waals surface area (Å²) in [6.45, 7) is 13.1. The number of urea groups is 1. The van der Waals surface area contributed by atoms with E-state index < -0.39 is 17.9 Å². The molecule has 0 unspecified atom stereocenters. The Labute approximate surface area is 240 Å². The lowest BCUT2D eigenvalue weighted by molar-refractivity contribution is -0.274. The molecule has 2 aromatic rings. The van der Waals surface area contributed by atoms with Gasteiger partial charge in [-0.1, -0.05) is 32.9 Å². The predicted molar refractivity (Wildman–Crippen MR) is 152 cm³/mol. The molecular formula is C32H41F3N2O4. The molecule has 2 fully saturated rings. The normalized spacial score (nSPS) is 22.2. The van der Waals surface area contributed by atoms with Crippen LogP contribution in [0.25, 0.3) is 0 Å². The van der Waals surface area contributed by atoms with Crippen molar-refractivity contribution >= 4 is 17.7 Å². The van der Waals surface area contributed by atoms with Gasteiger partial charge in [-0.15, -0.1) is 13.2 Å². The van der Waals surface area contributed by atoms with Crippen molar-refractivity contribution in [2.75, 3.05) is 11.4 Å². The summed E-state index contributed by atoms with van der Waals surface area (Å²) in [5, 5.41) is 0. The van der Waals surface area contributed by atoms with Crippen LogP contribution in [0.4, 0.5) is 23.7 Å². The van der Waals surface area contributed by atoms with Crippen LogP contribution < -0.4 is 9.64 Å². The van der Waals surface area contributed by atoms with Gasteiger partial charge in [0, 0.05) is 24.3 Å². The minimum Gasteiger partial charge on any atom is -0.456 e. The lowest BCUT2D eigenvalue weighted by atomic mass is 9.65. The van der Waals surface area contributed by atoms with Crippen molar-refractivity contribution in [3.05, 3.63) is 59.7 Å². The molecule has 224 valence electrons. The zero-order valence-corrected chi connectivity index (χ0v) is 24.8. The SMILES string of the molecule is CC(C)(C)OC(=O)c1ccc(CN2C(=O)N(c3ccc(OC(F)(F)F)cc3)CC[C@]23CC[C@@H](C(C)(C)C)CC3)cc1. The number of amides is 2. The molecule has 41 heavy (non-hydrogen) atoms. The highest BCUT2D eigenvalue weighted by Gasteiger charge is 2.48. The molecule has 1 saturated heterocycles. The monoisotopic (exact) mass is 574 g/mol. The number of ether oxygens (including phenoxy) is 2. The van der Waals surface area contributed by atoms with Gasteiger partial charge in [0.15, 0.2) is 0 Å². The number of esters is 1. The Morgan fingerprint density at radius 1 is 0.902 bits per heavy atom. The standard InChI is InChI=1S/C32H41F3N2O4/c1-29(2,3)24-15-17-31(18-16-24)19-20-36(25-11-13-26(14-12-25)40-32(33,34)35)28(39)37(31)21-22-7-9-23(10-8-22)27(38)41-30(4,5)6/h7-14,24H,15-21H2,1-6H3/t24-,31-. The molecule has 0 radical (unpaired) electrons. The Morgan fingerprint density at radius 2 is 1.49 bits per heavy atom. The molecule has 0 N–H and O–H groups in total. The highest BCUT2D eigenvalue weighted by Crippen LogP contribution is 2.47. The van der Waals surface area contributed by atoms with Crippen molar-refractivity contribution in [2.45, 2.75) is 97.7 Å². The van der Waals surface area contributed by atoms with E-state index in [1.165, 1.54) is 24.3 Å². The second-order valence-electron chi connectivity index (χ2n) is 13.4. The van der Waals surface area contributed by atoms with E-state index in [9.17, 15) is 22.8 Å². The number of benzene rings is 2. The maximum Gasteiger partial charge on any atom is 0.573 e. The van der Waals surface area contributed by atoms with Crippen LogP contribution in [0.3, 0.4) is 0 Å². The molecular weight excluding hydrogens is 533 g/mol. The minimum absolute atomic E-state index is 0.175. The van der Waals surface area contributed by atoms with E-state index in [0.717, 1.165) is 37.7 Å². The Morgan fingerprint density at radius 3 is 2.00 bits per heavy atom. The first-order valence-corrected chi connectivity index (χ1v) is 14.2. The summed E-state index contributed by atoms with van der Waals surface area (Å²) in [5.41, 5.74) is 1.13. The first-order chi connectivity index (χ1) is 19.0. The van der Waals surface area contributed by atoms with E-state index >= 15 is 0 Å². The van der Waals surface area contributed by atoms with Gasteiger partial charge in [0.25, 0.3) is 0 Å². The van der Waals surface area contributed by atoms with Crippen molar-refractivity contribution in [3.8, 4) is 5.75 Å². The van der Waals surface area contributed by atoms with Gasteiger partial charge in [-0.25, -0.2) is 9.59 Å². The summed E-state index contributed by atoms with van der Waals surface area (Å²) in [5.74, 6) is -0.166. The van der Waals surface area contributed by atoms with E-state index in [0.29, 0.717) is 30.3 Å². The van der Waals surface area contributed by atoms with Crippen LogP contribution >= 0.6 is 0 Å². The lowest BCUT2D eigenvalue weighted by Gasteiger charge is -2.54. The van der Waals surface area contributed by atoms with Crippen LogP contribution in [-0.2, 0) is 11.3 Å². The molecule has 9 heteroatoms. The second kappa shape index (κ2) is 11.2. The van der Waals surface area contributed by atoms with Gasteiger partial charge in [0.2, 0.25) is 0 Å². The Balaban J connectivity index is 1.58. The molecule has 1 spiro atoms. The second-order valence-corrected chi connectivity index (χ2v) is 13.4. The quantitative estimate of drug-likeness (QED) is 0.337. The van der Waals surface area contributed by atoms with Gasteiger partial charge < -0.3 is 14.4 Å². The molecule has 0 atom stereocenters. The molecule has 2 aliphatic rings. The number of rotatable bonds is 5. The van der Waals surface area contributed by atoms with Crippen LogP contribution in [0.15, 0.2) is 48.5 Å². The van der Waals surface area contributed by atoms with Gasteiger partial charge >= 0.3 is 18.4 Å². The van der Waals surface area contributed by atoms with E-state index in [-0.39, 0.29) is 22.7 Å². The van der Waals surface area contributed by atoms with Crippen LogP contribution in [0, 0.1) is 11.3 Å². The Hall–Kier alpha value is -3.23. The van der Waals surface area contributed by atoms with Gasteiger partial charge in [0.1, 0.15) is 11.4 Å². The average Bonchev–Trinajstić information content (AvgIpc) is 2.85. The summed E-state index contributed by atoms with van der Waals surface area (Å²) in [4.78, 5) is 30.2. The topological polar surface area (TPSA) is 59.1 Å². The number of halogens is 3. The number of hydrogen-bond donors (Lipinski definition) is 0. The molecule has 1 heterocycles. The van der Waals surface area contributed by atoms with Gasteiger partial charge in [-0.2, -0.15) is 0 Å². The summed E-state index contributed by atoms with van der Waals surface area (Å²) in [6, 6.07) is 12.4. The molecule has 1 aliphatic heterocycles. The fourth-order valence-corrected chi connectivity index (χ4v) is 6.01. The number of hydrogen-bond acceptors (Lipinski definition) is 4. The maximum absolute atomic E-state index is 14.1. The van der Waals surface area contributed by atoms with E-state index in [4.69, 9.17) is 4.74 Å². The average molecular weight is 575 g/mol. The van der Waals surface area contributed by atoms with Crippen molar-refractivity contribution < 1.29 is 32.2 Å². The maximum atomic E-state index is 14.1. The fraction of sp³-hybridized carbons (Fsp3) is 0.562.